The van der Waals surface area contributed by atoms with Crippen LogP contribution in [0.25, 0.3) is 10.4 Å². The summed E-state index contributed by atoms with van der Waals surface area (Å²) < 4.78 is 17.8. The molecule has 0 saturated carbocycles. The molecule has 0 saturated heterocycles. The number of carbonyl (C=O) groups excluding carboxylic acids is 2. The normalized spacial score (nSPS) is 10.5. The molecule has 2 aromatic rings. The minimum atomic E-state index is -0.547. The summed E-state index contributed by atoms with van der Waals surface area (Å²) in [5.41, 5.74) is 1.01. The van der Waals surface area contributed by atoms with E-state index in [1.807, 2.05) is 13.8 Å². The highest BCUT2D eigenvalue weighted by atomic mass is 32.1. The molecule has 0 aliphatic heterocycles. The largest absolute Gasteiger partial charge is 0.465 e. The summed E-state index contributed by atoms with van der Waals surface area (Å²) >= 11 is 1.22. The molecule has 1 heterocycles. The molecule has 0 bridgehead atoms. The first-order valence-corrected chi connectivity index (χ1v) is 7.78. The number of esters is 1. The van der Waals surface area contributed by atoms with Gasteiger partial charge in [-0.15, -0.1) is 11.3 Å². The molecule has 0 unspecified atom stereocenters. The third-order valence-corrected chi connectivity index (χ3v) is 4.01. The van der Waals surface area contributed by atoms with E-state index in [2.05, 4.69) is 10.6 Å². The quantitative estimate of drug-likeness (QED) is 0.833. The zero-order chi connectivity index (χ0) is 17.0. The number of rotatable bonds is 4. The molecule has 122 valence electrons. The number of nitrogens with one attached hydrogen (secondary N) is 2. The Morgan fingerprint density at radius 1 is 1.22 bits per heavy atom. The maximum Gasteiger partial charge on any atom is 0.340 e. The fourth-order valence-corrected chi connectivity index (χ4v) is 2.95. The molecule has 2 N–H and O–H groups in total. The summed E-state index contributed by atoms with van der Waals surface area (Å²) in [6, 6.07) is 7.08. The van der Waals surface area contributed by atoms with Gasteiger partial charge in [0, 0.05) is 10.9 Å². The van der Waals surface area contributed by atoms with Gasteiger partial charge in [0.15, 0.2) is 0 Å². The molecule has 2 rings (SSSR count). The summed E-state index contributed by atoms with van der Waals surface area (Å²) in [6.07, 6.45) is 0. The number of hydrogen-bond acceptors (Lipinski definition) is 4. The van der Waals surface area contributed by atoms with Gasteiger partial charge < -0.3 is 10.1 Å². The molecule has 0 radical (unpaired) electrons. The van der Waals surface area contributed by atoms with Crippen molar-refractivity contribution in [2.75, 3.05) is 12.4 Å². The Morgan fingerprint density at radius 3 is 2.43 bits per heavy atom. The fourth-order valence-electron chi connectivity index (χ4n) is 1.90. The summed E-state index contributed by atoms with van der Waals surface area (Å²) in [6.45, 7) is 3.67. The Balaban J connectivity index is 2.34. The number of thiophene rings is 1. The number of benzene rings is 1. The van der Waals surface area contributed by atoms with Crippen LogP contribution in [-0.4, -0.2) is 25.2 Å². The second-order valence-electron chi connectivity index (χ2n) is 5.11. The third-order valence-electron chi connectivity index (χ3n) is 2.91. The Labute approximate surface area is 137 Å². The van der Waals surface area contributed by atoms with Gasteiger partial charge in [-0.05, 0) is 37.6 Å². The SMILES string of the molecule is COC(=O)c1cc(-c2ccc(F)cc2)sc1NC(=O)NC(C)C. The lowest BCUT2D eigenvalue weighted by atomic mass is 10.1. The molecule has 0 atom stereocenters. The van der Waals surface area contributed by atoms with Crippen molar-refractivity contribution in [2.24, 2.45) is 0 Å². The zero-order valence-electron chi connectivity index (χ0n) is 13.0. The van der Waals surface area contributed by atoms with Gasteiger partial charge in [0.05, 0.1) is 12.7 Å². The van der Waals surface area contributed by atoms with Crippen LogP contribution in [0.4, 0.5) is 14.2 Å². The van der Waals surface area contributed by atoms with Gasteiger partial charge in [-0.1, -0.05) is 12.1 Å². The lowest BCUT2D eigenvalue weighted by Crippen LogP contribution is -2.34. The molecular formula is C16H17FN2O3S. The van der Waals surface area contributed by atoms with Crippen LogP contribution >= 0.6 is 11.3 Å². The minimum Gasteiger partial charge on any atom is -0.465 e. The summed E-state index contributed by atoms with van der Waals surface area (Å²) in [4.78, 5) is 24.5. The maximum absolute atomic E-state index is 13.0. The van der Waals surface area contributed by atoms with Crippen molar-refractivity contribution in [3.05, 3.63) is 41.7 Å². The van der Waals surface area contributed by atoms with Crippen LogP contribution in [0, 0.1) is 5.82 Å². The Kier molecular flexibility index (Phi) is 5.33. The van der Waals surface area contributed by atoms with E-state index in [0.717, 1.165) is 10.4 Å². The molecule has 0 aliphatic rings. The van der Waals surface area contributed by atoms with E-state index >= 15 is 0 Å². The van der Waals surface area contributed by atoms with Crippen molar-refractivity contribution < 1.29 is 18.7 Å². The molecule has 2 amide bonds. The number of anilines is 1. The number of amides is 2. The molecule has 1 aromatic carbocycles. The molecule has 0 spiro atoms. The highest BCUT2D eigenvalue weighted by Gasteiger charge is 2.19. The number of carbonyl (C=O) groups is 2. The van der Waals surface area contributed by atoms with Gasteiger partial charge in [-0.3, -0.25) is 5.32 Å². The van der Waals surface area contributed by atoms with Crippen molar-refractivity contribution >= 4 is 28.3 Å². The van der Waals surface area contributed by atoms with E-state index < -0.39 is 12.0 Å². The van der Waals surface area contributed by atoms with Crippen molar-refractivity contribution in [2.45, 2.75) is 19.9 Å². The highest BCUT2D eigenvalue weighted by molar-refractivity contribution is 7.20. The second-order valence-corrected chi connectivity index (χ2v) is 6.16. The van der Waals surface area contributed by atoms with Crippen LogP contribution < -0.4 is 10.6 Å². The van der Waals surface area contributed by atoms with Gasteiger partial charge in [-0.2, -0.15) is 0 Å². The number of urea groups is 1. The molecule has 23 heavy (non-hydrogen) atoms. The Morgan fingerprint density at radius 2 is 1.87 bits per heavy atom. The predicted molar refractivity (Wildman–Crippen MR) is 88.3 cm³/mol. The first-order chi connectivity index (χ1) is 10.9. The third kappa shape index (κ3) is 4.29. The molecule has 7 heteroatoms. The van der Waals surface area contributed by atoms with E-state index in [1.165, 1.54) is 30.6 Å². The van der Waals surface area contributed by atoms with Crippen LogP contribution in [0.15, 0.2) is 30.3 Å². The van der Waals surface area contributed by atoms with Crippen LogP contribution in [-0.2, 0) is 4.74 Å². The van der Waals surface area contributed by atoms with E-state index in [-0.39, 0.29) is 17.4 Å². The number of methoxy groups -OCH3 is 1. The molecule has 5 nitrogen and oxygen atoms in total. The first-order valence-electron chi connectivity index (χ1n) is 6.96. The molecule has 0 fully saturated rings. The monoisotopic (exact) mass is 336 g/mol. The van der Waals surface area contributed by atoms with E-state index in [9.17, 15) is 14.0 Å². The topological polar surface area (TPSA) is 67.4 Å². The number of ether oxygens (including phenoxy) is 1. The van der Waals surface area contributed by atoms with Crippen LogP contribution in [0.3, 0.4) is 0 Å². The molecule has 1 aromatic heterocycles. The van der Waals surface area contributed by atoms with Crippen LogP contribution in [0.5, 0.6) is 0 Å². The smallest absolute Gasteiger partial charge is 0.340 e. The predicted octanol–water partition coefficient (Wildman–Crippen LogP) is 3.87. The lowest BCUT2D eigenvalue weighted by molar-refractivity contribution is 0.0602. The van der Waals surface area contributed by atoms with Gasteiger partial charge in [0.1, 0.15) is 10.8 Å². The molecule has 0 aliphatic carbocycles. The van der Waals surface area contributed by atoms with Gasteiger partial charge in [0.2, 0.25) is 0 Å². The Hall–Kier alpha value is -2.41. The van der Waals surface area contributed by atoms with E-state index in [4.69, 9.17) is 4.74 Å². The van der Waals surface area contributed by atoms with Gasteiger partial charge in [0.25, 0.3) is 0 Å². The number of halogens is 1. The van der Waals surface area contributed by atoms with Crippen molar-refractivity contribution in [1.82, 2.24) is 5.32 Å². The first kappa shape index (κ1) is 17.0. The van der Waals surface area contributed by atoms with Crippen LogP contribution in [0.1, 0.15) is 24.2 Å². The van der Waals surface area contributed by atoms with Gasteiger partial charge in [-0.25, -0.2) is 14.0 Å². The van der Waals surface area contributed by atoms with Crippen molar-refractivity contribution in [3.8, 4) is 10.4 Å². The number of hydrogen-bond donors (Lipinski definition) is 2. The lowest BCUT2D eigenvalue weighted by Gasteiger charge is -2.09. The average molecular weight is 336 g/mol. The Bertz CT molecular complexity index is 711. The summed E-state index contributed by atoms with van der Waals surface area (Å²) in [5, 5.41) is 5.72. The van der Waals surface area contributed by atoms with E-state index in [0.29, 0.717) is 5.00 Å². The van der Waals surface area contributed by atoms with Gasteiger partial charge >= 0.3 is 12.0 Å². The second kappa shape index (κ2) is 7.23. The maximum atomic E-state index is 13.0. The summed E-state index contributed by atoms with van der Waals surface area (Å²) in [7, 11) is 1.27. The summed E-state index contributed by atoms with van der Waals surface area (Å²) in [5.74, 6) is -0.886. The van der Waals surface area contributed by atoms with Crippen molar-refractivity contribution in [1.29, 1.82) is 0 Å². The fraction of sp³-hybridized carbons (Fsp3) is 0.250. The molecular weight excluding hydrogens is 319 g/mol. The minimum absolute atomic E-state index is 0.0342. The zero-order valence-corrected chi connectivity index (χ0v) is 13.8. The average Bonchev–Trinajstić information content (AvgIpc) is 2.90. The van der Waals surface area contributed by atoms with E-state index in [1.54, 1.807) is 18.2 Å². The highest BCUT2D eigenvalue weighted by Crippen LogP contribution is 2.36. The van der Waals surface area contributed by atoms with Crippen molar-refractivity contribution in [3.63, 3.8) is 0 Å². The van der Waals surface area contributed by atoms with Crippen LogP contribution in [0.2, 0.25) is 0 Å². The standard InChI is InChI=1S/C16H17FN2O3S/c1-9(2)18-16(21)19-14-12(15(20)22-3)8-13(23-14)10-4-6-11(17)7-5-10/h4-9H,1-3H3,(H2,18,19,21).